The van der Waals surface area contributed by atoms with Crippen molar-refractivity contribution in [3.8, 4) is 10.6 Å². The highest BCUT2D eigenvalue weighted by Crippen LogP contribution is 2.26. The van der Waals surface area contributed by atoms with Crippen molar-refractivity contribution in [1.82, 2.24) is 9.71 Å². The minimum absolute atomic E-state index is 0.0608. The number of thiazole rings is 1. The molecule has 0 saturated heterocycles. The highest BCUT2D eigenvalue weighted by atomic mass is 32.2. The van der Waals surface area contributed by atoms with Gasteiger partial charge in [0.25, 0.3) is 10.0 Å². The Kier molecular flexibility index (Phi) is 4.37. The molecule has 6 heteroatoms. The molecule has 1 heterocycles. The van der Waals surface area contributed by atoms with Gasteiger partial charge in [0.05, 0.1) is 0 Å². The van der Waals surface area contributed by atoms with Crippen LogP contribution in [0.25, 0.3) is 10.6 Å². The van der Waals surface area contributed by atoms with Crippen molar-refractivity contribution < 1.29 is 8.42 Å². The predicted molar refractivity (Wildman–Crippen MR) is 84.7 cm³/mol. The van der Waals surface area contributed by atoms with Gasteiger partial charge in [0.2, 0.25) is 0 Å². The van der Waals surface area contributed by atoms with Crippen molar-refractivity contribution in [2.75, 3.05) is 0 Å². The topological polar surface area (TPSA) is 59.1 Å². The maximum Gasteiger partial charge on any atom is 0.259 e. The molecular formula is C15H18N2O2S2. The van der Waals surface area contributed by atoms with Crippen molar-refractivity contribution in [2.24, 2.45) is 0 Å². The van der Waals surface area contributed by atoms with Crippen LogP contribution < -0.4 is 4.72 Å². The fourth-order valence-electron chi connectivity index (χ4n) is 2.60. The molecule has 1 saturated carbocycles. The van der Waals surface area contributed by atoms with Gasteiger partial charge in [0.1, 0.15) is 5.01 Å². The van der Waals surface area contributed by atoms with Crippen molar-refractivity contribution in [1.29, 1.82) is 0 Å². The van der Waals surface area contributed by atoms with Gasteiger partial charge in [-0.05, 0) is 12.8 Å². The molecule has 1 N–H and O–H groups in total. The van der Waals surface area contributed by atoms with E-state index in [1.54, 1.807) is 5.38 Å². The first-order chi connectivity index (χ1) is 10.1. The van der Waals surface area contributed by atoms with Gasteiger partial charge in [-0.2, -0.15) is 0 Å². The smallest absolute Gasteiger partial charge is 0.223 e. The van der Waals surface area contributed by atoms with Crippen LogP contribution in [-0.4, -0.2) is 19.4 Å². The molecule has 112 valence electrons. The minimum Gasteiger partial charge on any atom is -0.223 e. The van der Waals surface area contributed by atoms with Gasteiger partial charge in [-0.15, -0.1) is 11.3 Å². The normalized spacial score (nSPS) is 17.0. The summed E-state index contributed by atoms with van der Waals surface area (Å²) in [6.45, 7) is 0. The van der Waals surface area contributed by atoms with Crippen LogP contribution in [0.4, 0.5) is 0 Å². The Morgan fingerprint density at radius 3 is 2.52 bits per heavy atom. The third-order valence-electron chi connectivity index (χ3n) is 3.71. The standard InChI is InChI=1S/C15H18N2O2S2/c18-21(19,17-13-9-5-2-6-10-13)14-11-20-15(16-14)12-7-3-1-4-8-12/h1,3-4,7-8,11,13,17H,2,5-6,9-10H2. The van der Waals surface area contributed by atoms with Gasteiger partial charge >= 0.3 is 0 Å². The second-order valence-electron chi connectivity index (χ2n) is 5.31. The highest BCUT2D eigenvalue weighted by molar-refractivity contribution is 7.89. The number of sulfonamides is 1. The highest BCUT2D eigenvalue weighted by Gasteiger charge is 2.24. The Labute approximate surface area is 129 Å². The number of hydrogen-bond acceptors (Lipinski definition) is 4. The first-order valence-corrected chi connectivity index (χ1v) is 9.55. The Bertz CT molecular complexity index is 689. The largest absolute Gasteiger partial charge is 0.259 e. The summed E-state index contributed by atoms with van der Waals surface area (Å²) in [4.78, 5) is 4.29. The fraction of sp³-hybridized carbons (Fsp3) is 0.400. The number of aromatic nitrogens is 1. The molecule has 2 aromatic rings. The molecule has 1 aliphatic rings. The molecule has 0 atom stereocenters. The predicted octanol–water partition coefficient (Wildman–Crippen LogP) is 3.42. The molecule has 1 fully saturated rings. The number of rotatable bonds is 4. The lowest BCUT2D eigenvalue weighted by atomic mass is 9.96. The Balaban J connectivity index is 1.78. The number of hydrogen-bond donors (Lipinski definition) is 1. The zero-order valence-electron chi connectivity index (χ0n) is 11.7. The molecule has 0 amide bonds. The van der Waals surface area contributed by atoms with Crippen molar-refractivity contribution in [3.05, 3.63) is 35.7 Å². The molecule has 1 aliphatic carbocycles. The molecule has 0 unspecified atom stereocenters. The van der Waals surface area contributed by atoms with Crippen LogP contribution in [0.2, 0.25) is 0 Å². The molecule has 4 nitrogen and oxygen atoms in total. The Morgan fingerprint density at radius 2 is 1.81 bits per heavy atom. The molecule has 0 spiro atoms. The SMILES string of the molecule is O=S(=O)(NC1CCCCC1)c1csc(-c2ccccc2)n1. The van der Waals surface area contributed by atoms with Crippen LogP contribution in [0.15, 0.2) is 40.7 Å². The van der Waals surface area contributed by atoms with E-state index in [-0.39, 0.29) is 11.1 Å². The molecule has 3 rings (SSSR count). The van der Waals surface area contributed by atoms with Gasteiger partial charge in [-0.3, -0.25) is 0 Å². The van der Waals surface area contributed by atoms with Crippen LogP contribution >= 0.6 is 11.3 Å². The van der Waals surface area contributed by atoms with E-state index in [9.17, 15) is 8.42 Å². The maximum atomic E-state index is 12.4. The van der Waals surface area contributed by atoms with Crippen LogP contribution in [0, 0.1) is 0 Å². The summed E-state index contributed by atoms with van der Waals surface area (Å²) in [5.74, 6) is 0. The van der Waals surface area contributed by atoms with Gasteiger partial charge < -0.3 is 0 Å². The zero-order chi connectivity index (χ0) is 14.7. The molecule has 1 aromatic carbocycles. The van der Waals surface area contributed by atoms with Gasteiger partial charge in [0, 0.05) is 17.0 Å². The average Bonchev–Trinajstić information content (AvgIpc) is 2.99. The van der Waals surface area contributed by atoms with E-state index < -0.39 is 10.0 Å². The molecular weight excluding hydrogens is 304 g/mol. The van der Waals surface area contributed by atoms with E-state index in [2.05, 4.69) is 9.71 Å². The maximum absolute atomic E-state index is 12.4. The summed E-state index contributed by atoms with van der Waals surface area (Å²) < 4.78 is 27.5. The molecule has 1 aromatic heterocycles. The zero-order valence-corrected chi connectivity index (χ0v) is 13.3. The minimum atomic E-state index is -3.50. The molecule has 21 heavy (non-hydrogen) atoms. The number of nitrogens with zero attached hydrogens (tertiary/aromatic N) is 1. The van der Waals surface area contributed by atoms with E-state index in [1.807, 2.05) is 30.3 Å². The summed E-state index contributed by atoms with van der Waals surface area (Å²) in [6.07, 6.45) is 5.25. The van der Waals surface area contributed by atoms with Gasteiger partial charge in [-0.25, -0.2) is 18.1 Å². The summed E-state index contributed by atoms with van der Waals surface area (Å²) >= 11 is 1.36. The summed E-state index contributed by atoms with van der Waals surface area (Å²) in [7, 11) is -3.50. The number of nitrogens with one attached hydrogen (secondary N) is 1. The lowest BCUT2D eigenvalue weighted by molar-refractivity contribution is 0.411. The summed E-state index contributed by atoms with van der Waals surface area (Å²) in [5.41, 5.74) is 0.946. The summed E-state index contributed by atoms with van der Waals surface area (Å²) in [6, 6.07) is 9.70. The van der Waals surface area contributed by atoms with Crippen molar-refractivity contribution >= 4 is 21.4 Å². The Morgan fingerprint density at radius 1 is 1.10 bits per heavy atom. The Hall–Kier alpha value is -1.24. The molecule has 0 radical (unpaired) electrons. The molecule has 0 bridgehead atoms. The quantitative estimate of drug-likeness (QED) is 0.938. The van der Waals surface area contributed by atoms with Crippen molar-refractivity contribution in [3.63, 3.8) is 0 Å². The fourth-order valence-corrected chi connectivity index (χ4v) is 5.00. The van der Waals surface area contributed by atoms with Crippen LogP contribution in [0.1, 0.15) is 32.1 Å². The van der Waals surface area contributed by atoms with E-state index >= 15 is 0 Å². The number of benzene rings is 1. The second kappa shape index (κ2) is 6.25. The first-order valence-electron chi connectivity index (χ1n) is 7.18. The van der Waals surface area contributed by atoms with E-state index in [0.29, 0.717) is 0 Å². The lowest BCUT2D eigenvalue weighted by Gasteiger charge is -2.21. The summed E-state index contributed by atoms with van der Waals surface area (Å²) in [5, 5.41) is 2.49. The van der Waals surface area contributed by atoms with E-state index in [4.69, 9.17) is 0 Å². The average molecular weight is 322 g/mol. The third-order valence-corrected chi connectivity index (χ3v) is 6.15. The first kappa shape index (κ1) is 14.7. The van der Waals surface area contributed by atoms with Crippen molar-refractivity contribution in [2.45, 2.75) is 43.2 Å². The molecule has 0 aliphatic heterocycles. The second-order valence-corrected chi connectivity index (χ2v) is 7.83. The van der Waals surface area contributed by atoms with Crippen LogP contribution in [0.5, 0.6) is 0 Å². The van der Waals surface area contributed by atoms with Gasteiger partial charge in [-0.1, -0.05) is 49.6 Å². The van der Waals surface area contributed by atoms with E-state index in [1.165, 1.54) is 17.8 Å². The third kappa shape index (κ3) is 3.51. The van der Waals surface area contributed by atoms with Gasteiger partial charge in [0.15, 0.2) is 5.03 Å². The lowest BCUT2D eigenvalue weighted by Crippen LogP contribution is -2.36. The van der Waals surface area contributed by atoms with Crippen LogP contribution in [-0.2, 0) is 10.0 Å². The monoisotopic (exact) mass is 322 g/mol. The van der Waals surface area contributed by atoms with E-state index in [0.717, 1.165) is 36.3 Å². The van der Waals surface area contributed by atoms with Crippen LogP contribution in [0.3, 0.4) is 0 Å².